The SMILES string of the molecule is CCC=CCCOc1c(O)c2cccc(OC/C=C(\C)CCC=C(C)C)c2oc1=O. The van der Waals surface area contributed by atoms with Gasteiger partial charge in [0.25, 0.3) is 0 Å². The Morgan fingerprint density at radius 1 is 1.10 bits per heavy atom. The largest absolute Gasteiger partial charge is 0.504 e. The highest BCUT2D eigenvalue weighted by molar-refractivity contribution is 5.89. The highest BCUT2D eigenvalue weighted by Gasteiger charge is 2.17. The smallest absolute Gasteiger partial charge is 0.383 e. The van der Waals surface area contributed by atoms with Crippen LogP contribution in [0.2, 0.25) is 0 Å². The Labute approximate surface area is 178 Å². The third-order valence-electron chi connectivity index (χ3n) is 4.52. The Bertz CT molecular complexity index is 975. The first-order valence-corrected chi connectivity index (χ1v) is 10.4. The van der Waals surface area contributed by atoms with E-state index in [0.717, 1.165) is 19.3 Å². The highest BCUT2D eigenvalue weighted by Crippen LogP contribution is 2.35. The molecule has 1 aromatic carbocycles. The molecule has 0 amide bonds. The Hall–Kier alpha value is -2.95. The maximum absolute atomic E-state index is 12.3. The van der Waals surface area contributed by atoms with Crippen molar-refractivity contribution >= 4 is 11.0 Å². The Balaban J connectivity index is 2.12. The molecule has 0 aliphatic rings. The number of para-hydroxylation sites is 1. The molecule has 1 heterocycles. The van der Waals surface area contributed by atoms with Crippen molar-refractivity contribution in [1.82, 2.24) is 0 Å². The molecule has 162 valence electrons. The molecule has 0 aliphatic heterocycles. The van der Waals surface area contributed by atoms with Crippen molar-refractivity contribution in [3.05, 3.63) is 64.1 Å². The number of allylic oxidation sites excluding steroid dienone is 4. The number of fused-ring (bicyclic) bond motifs is 1. The minimum atomic E-state index is -0.719. The Kier molecular flexibility index (Phi) is 9.26. The predicted molar refractivity (Wildman–Crippen MR) is 122 cm³/mol. The summed E-state index contributed by atoms with van der Waals surface area (Å²) in [5, 5.41) is 10.9. The topological polar surface area (TPSA) is 68.9 Å². The lowest BCUT2D eigenvalue weighted by atomic mass is 10.1. The highest BCUT2D eigenvalue weighted by atomic mass is 16.5. The van der Waals surface area contributed by atoms with E-state index in [2.05, 4.69) is 26.8 Å². The molecular formula is C25H32O5. The molecule has 0 atom stereocenters. The maximum Gasteiger partial charge on any atom is 0.383 e. The van der Waals surface area contributed by atoms with Gasteiger partial charge >= 0.3 is 5.63 Å². The van der Waals surface area contributed by atoms with E-state index in [1.165, 1.54) is 11.1 Å². The minimum absolute atomic E-state index is 0.167. The summed E-state index contributed by atoms with van der Waals surface area (Å²) in [6, 6.07) is 5.13. The van der Waals surface area contributed by atoms with Crippen LogP contribution in [0.15, 0.2) is 62.9 Å². The standard InChI is InChI=1S/C25H32O5/c1-5-6-7-8-16-29-24-22(26)20-13-10-14-21(23(20)30-25(24)27)28-17-15-19(4)12-9-11-18(2)3/h6-7,10-11,13-15,26H,5,8-9,12,16-17H2,1-4H3/b7-6?,19-15+. The molecule has 1 N–H and O–H groups in total. The summed E-state index contributed by atoms with van der Waals surface area (Å²) < 4.78 is 16.7. The molecule has 5 heteroatoms. The van der Waals surface area contributed by atoms with Crippen molar-refractivity contribution in [3.63, 3.8) is 0 Å². The van der Waals surface area contributed by atoms with Crippen LogP contribution in [-0.4, -0.2) is 18.3 Å². The average molecular weight is 413 g/mol. The first-order chi connectivity index (χ1) is 14.4. The first kappa shape index (κ1) is 23.3. The molecule has 5 nitrogen and oxygen atoms in total. The fourth-order valence-electron chi connectivity index (χ4n) is 2.88. The molecule has 2 aromatic rings. The van der Waals surface area contributed by atoms with Gasteiger partial charge in [-0.15, -0.1) is 0 Å². The van der Waals surface area contributed by atoms with Gasteiger partial charge in [-0.2, -0.15) is 0 Å². The van der Waals surface area contributed by atoms with Crippen LogP contribution in [0.25, 0.3) is 11.0 Å². The van der Waals surface area contributed by atoms with E-state index in [-0.39, 0.29) is 23.7 Å². The van der Waals surface area contributed by atoms with E-state index in [4.69, 9.17) is 13.9 Å². The van der Waals surface area contributed by atoms with E-state index in [1.54, 1.807) is 18.2 Å². The van der Waals surface area contributed by atoms with E-state index < -0.39 is 5.63 Å². The second-order valence-corrected chi connectivity index (χ2v) is 7.40. The number of rotatable bonds is 11. The number of ether oxygens (including phenoxy) is 2. The van der Waals surface area contributed by atoms with Crippen LogP contribution >= 0.6 is 0 Å². The molecule has 0 bridgehead atoms. The van der Waals surface area contributed by atoms with Crippen molar-refractivity contribution < 1.29 is 19.0 Å². The predicted octanol–water partition coefficient (Wildman–Crippen LogP) is 6.31. The maximum atomic E-state index is 12.3. The molecule has 0 spiro atoms. The van der Waals surface area contributed by atoms with Crippen molar-refractivity contribution in [2.24, 2.45) is 0 Å². The van der Waals surface area contributed by atoms with Crippen LogP contribution in [0.5, 0.6) is 17.2 Å². The van der Waals surface area contributed by atoms with Crippen molar-refractivity contribution in [1.29, 1.82) is 0 Å². The minimum Gasteiger partial charge on any atom is -0.504 e. The van der Waals surface area contributed by atoms with E-state index in [9.17, 15) is 9.90 Å². The normalized spacial score (nSPS) is 11.8. The van der Waals surface area contributed by atoms with E-state index >= 15 is 0 Å². The monoisotopic (exact) mass is 412 g/mol. The summed E-state index contributed by atoms with van der Waals surface area (Å²) in [5.74, 6) is 0.0184. The van der Waals surface area contributed by atoms with Crippen LogP contribution < -0.4 is 15.1 Å². The van der Waals surface area contributed by atoms with Gasteiger partial charge in [0.2, 0.25) is 5.75 Å². The van der Waals surface area contributed by atoms with E-state index in [0.29, 0.717) is 24.2 Å². The Morgan fingerprint density at radius 3 is 2.63 bits per heavy atom. The zero-order valence-corrected chi connectivity index (χ0v) is 18.4. The van der Waals surface area contributed by atoms with Gasteiger partial charge in [0, 0.05) is 0 Å². The molecule has 0 aliphatic carbocycles. The summed E-state index contributed by atoms with van der Waals surface area (Å²) in [5.41, 5.74) is 2.04. The molecule has 0 saturated carbocycles. The van der Waals surface area contributed by atoms with Gasteiger partial charge in [-0.1, -0.05) is 42.4 Å². The van der Waals surface area contributed by atoms with Crippen molar-refractivity contribution in [2.45, 2.75) is 53.4 Å². The molecule has 0 saturated heterocycles. The molecule has 2 rings (SSSR count). The van der Waals surface area contributed by atoms with Gasteiger partial charge in [0.05, 0.1) is 12.0 Å². The second kappa shape index (κ2) is 11.9. The lowest BCUT2D eigenvalue weighted by molar-refractivity contribution is 0.288. The molecular weight excluding hydrogens is 380 g/mol. The van der Waals surface area contributed by atoms with Crippen LogP contribution in [0.1, 0.15) is 53.4 Å². The molecule has 1 aromatic heterocycles. The van der Waals surface area contributed by atoms with Gasteiger partial charge in [-0.05, 0) is 64.7 Å². The number of hydrogen-bond acceptors (Lipinski definition) is 5. The zero-order valence-electron chi connectivity index (χ0n) is 18.4. The van der Waals surface area contributed by atoms with Crippen LogP contribution in [0.4, 0.5) is 0 Å². The first-order valence-electron chi connectivity index (χ1n) is 10.4. The van der Waals surface area contributed by atoms with Gasteiger partial charge in [0.1, 0.15) is 6.61 Å². The molecule has 0 radical (unpaired) electrons. The fourth-order valence-corrected chi connectivity index (χ4v) is 2.88. The average Bonchev–Trinajstić information content (AvgIpc) is 2.70. The van der Waals surface area contributed by atoms with Crippen LogP contribution in [0.3, 0.4) is 0 Å². The van der Waals surface area contributed by atoms with Gasteiger partial charge in [0.15, 0.2) is 17.1 Å². The fraction of sp³-hybridized carbons (Fsp3) is 0.400. The van der Waals surface area contributed by atoms with Gasteiger partial charge in [-0.25, -0.2) is 4.79 Å². The second-order valence-electron chi connectivity index (χ2n) is 7.40. The number of hydrogen-bond donors (Lipinski definition) is 1. The molecule has 0 unspecified atom stereocenters. The lowest BCUT2D eigenvalue weighted by Gasteiger charge is -2.10. The van der Waals surface area contributed by atoms with E-state index in [1.807, 2.05) is 25.2 Å². The number of benzene rings is 1. The lowest BCUT2D eigenvalue weighted by Crippen LogP contribution is -2.08. The van der Waals surface area contributed by atoms with Gasteiger partial charge in [-0.3, -0.25) is 0 Å². The third-order valence-corrected chi connectivity index (χ3v) is 4.52. The van der Waals surface area contributed by atoms with Crippen molar-refractivity contribution in [3.8, 4) is 17.2 Å². The van der Waals surface area contributed by atoms with Crippen LogP contribution in [-0.2, 0) is 0 Å². The zero-order chi connectivity index (χ0) is 21.9. The molecule has 0 fully saturated rings. The quantitative estimate of drug-likeness (QED) is 0.266. The Morgan fingerprint density at radius 2 is 1.90 bits per heavy atom. The summed E-state index contributed by atoms with van der Waals surface area (Å²) in [6.07, 6.45) is 11.8. The summed E-state index contributed by atoms with van der Waals surface area (Å²) in [7, 11) is 0. The molecule has 30 heavy (non-hydrogen) atoms. The third kappa shape index (κ3) is 6.83. The summed E-state index contributed by atoms with van der Waals surface area (Å²) >= 11 is 0. The van der Waals surface area contributed by atoms with Gasteiger partial charge < -0.3 is 19.0 Å². The van der Waals surface area contributed by atoms with Crippen molar-refractivity contribution in [2.75, 3.05) is 13.2 Å². The number of aromatic hydroxyl groups is 1. The summed E-state index contributed by atoms with van der Waals surface area (Å²) in [4.78, 5) is 12.3. The summed E-state index contributed by atoms with van der Waals surface area (Å²) in [6.45, 7) is 8.93. The van der Waals surface area contributed by atoms with Crippen LogP contribution in [0, 0.1) is 0 Å².